The Kier molecular flexibility index (Phi) is 11.1. The third-order valence-corrected chi connectivity index (χ3v) is 1.93. The minimum atomic E-state index is -0.835. The number of ether oxygens (including phenoxy) is 3. The summed E-state index contributed by atoms with van der Waals surface area (Å²) in [5, 5.41) is 17.6. The first-order chi connectivity index (χ1) is 7.74. The van der Waals surface area contributed by atoms with Gasteiger partial charge in [-0.15, -0.1) is 0 Å². The van der Waals surface area contributed by atoms with Gasteiger partial charge in [-0.1, -0.05) is 13.3 Å². The Morgan fingerprint density at radius 3 is 2.44 bits per heavy atom. The topological polar surface area (TPSA) is 68.2 Å². The Hall–Kier alpha value is -0.200. The van der Waals surface area contributed by atoms with Crippen LogP contribution in [0.25, 0.3) is 0 Å². The van der Waals surface area contributed by atoms with Crippen LogP contribution in [0.2, 0.25) is 0 Å². The van der Waals surface area contributed by atoms with E-state index in [1.165, 1.54) is 0 Å². The van der Waals surface area contributed by atoms with Crippen molar-refractivity contribution in [1.82, 2.24) is 0 Å². The number of unbranched alkanes of at least 4 members (excludes halogenated alkanes) is 1. The van der Waals surface area contributed by atoms with Gasteiger partial charge in [0.05, 0.1) is 19.8 Å². The Bertz CT molecular complexity index is 142. The molecule has 2 N–H and O–H groups in total. The van der Waals surface area contributed by atoms with Gasteiger partial charge >= 0.3 is 0 Å². The highest BCUT2D eigenvalue weighted by Crippen LogP contribution is 1.99. The quantitative estimate of drug-likeness (QED) is 0.405. The van der Waals surface area contributed by atoms with E-state index in [0.29, 0.717) is 13.2 Å². The maximum absolute atomic E-state index is 9.06. The first-order valence-electron chi connectivity index (χ1n) is 5.84. The molecule has 0 saturated heterocycles. The van der Waals surface area contributed by atoms with Crippen molar-refractivity contribution in [1.29, 1.82) is 0 Å². The largest absolute Gasteiger partial charge is 0.394 e. The summed E-state index contributed by atoms with van der Waals surface area (Å²) in [4.78, 5) is 0. The molecule has 0 radical (unpaired) electrons. The van der Waals surface area contributed by atoms with Crippen LogP contribution >= 0.6 is 0 Å². The van der Waals surface area contributed by atoms with Gasteiger partial charge in [-0.25, -0.2) is 0 Å². The van der Waals surface area contributed by atoms with E-state index < -0.39 is 6.10 Å². The van der Waals surface area contributed by atoms with Crippen LogP contribution in [0, 0.1) is 0 Å². The molecule has 0 aromatic rings. The number of hydrogen-bond acceptors (Lipinski definition) is 5. The maximum atomic E-state index is 9.06. The lowest BCUT2D eigenvalue weighted by atomic mass is 10.4. The van der Waals surface area contributed by atoms with Gasteiger partial charge in [-0.3, -0.25) is 0 Å². The van der Waals surface area contributed by atoms with Crippen LogP contribution in [0.4, 0.5) is 0 Å². The van der Waals surface area contributed by atoms with Gasteiger partial charge in [0, 0.05) is 13.2 Å². The molecule has 0 bridgehead atoms. The van der Waals surface area contributed by atoms with E-state index in [-0.39, 0.29) is 26.1 Å². The van der Waals surface area contributed by atoms with Gasteiger partial charge in [0.2, 0.25) is 0 Å². The molecule has 0 rings (SSSR count). The van der Waals surface area contributed by atoms with Crippen LogP contribution in [0.5, 0.6) is 0 Å². The van der Waals surface area contributed by atoms with Crippen LogP contribution < -0.4 is 0 Å². The van der Waals surface area contributed by atoms with E-state index in [9.17, 15) is 0 Å². The van der Waals surface area contributed by atoms with Crippen molar-refractivity contribution in [3.8, 4) is 0 Å². The molecule has 0 aliphatic heterocycles. The molecule has 5 heteroatoms. The van der Waals surface area contributed by atoms with Gasteiger partial charge in [0.1, 0.15) is 6.10 Å². The predicted octanol–water partition coefficient (Wildman–Crippen LogP) is 0.535. The third kappa shape index (κ3) is 9.06. The second kappa shape index (κ2) is 11.3. The van der Waals surface area contributed by atoms with Crippen LogP contribution in [0.15, 0.2) is 0 Å². The van der Waals surface area contributed by atoms with Crippen LogP contribution in [0.1, 0.15) is 26.7 Å². The molecule has 16 heavy (non-hydrogen) atoms. The smallest absolute Gasteiger partial charge is 0.180 e. The summed E-state index contributed by atoms with van der Waals surface area (Å²) in [5.41, 5.74) is 0. The molecule has 0 spiro atoms. The first-order valence-corrected chi connectivity index (χ1v) is 5.84. The average Bonchev–Trinajstić information content (AvgIpc) is 2.29. The van der Waals surface area contributed by atoms with Crippen LogP contribution in [-0.2, 0) is 14.2 Å². The molecular weight excluding hydrogens is 212 g/mol. The zero-order chi connectivity index (χ0) is 12.2. The molecule has 98 valence electrons. The van der Waals surface area contributed by atoms with Crippen molar-refractivity contribution in [3.63, 3.8) is 0 Å². The minimum absolute atomic E-state index is 0.0945. The van der Waals surface area contributed by atoms with E-state index in [0.717, 1.165) is 12.8 Å². The van der Waals surface area contributed by atoms with Crippen molar-refractivity contribution in [3.05, 3.63) is 0 Å². The first kappa shape index (κ1) is 15.8. The third-order valence-electron chi connectivity index (χ3n) is 1.93. The van der Waals surface area contributed by atoms with Gasteiger partial charge in [0.25, 0.3) is 0 Å². The van der Waals surface area contributed by atoms with Crippen molar-refractivity contribution in [2.45, 2.75) is 39.1 Å². The lowest BCUT2D eigenvalue weighted by molar-refractivity contribution is -0.175. The van der Waals surface area contributed by atoms with Gasteiger partial charge in [-0.05, 0) is 13.3 Å². The molecule has 0 aliphatic carbocycles. The number of aliphatic hydroxyl groups is 2. The zero-order valence-corrected chi connectivity index (χ0v) is 10.2. The van der Waals surface area contributed by atoms with Crippen molar-refractivity contribution in [2.75, 3.05) is 33.0 Å². The van der Waals surface area contributed by atoms with Gasteiger partial charge < -0.3 is 24.4 Å². The second-order valence-electron chi connectivity index (χ2n) is 3.48. The predicted molar refractivity (Wildman–Crippen MR) is 60.2 cm³/mol. The van der Waals surface area contributed by atoms with E-state index in [4.69, 9.17) is 24.4 Å². The highest BCUT2D eigenvalue weighted by atomic mass is 16.7. The van der Waals surface area contributed by atoms with E-state index in [1.807, 2.05) is 6.92 Å². The molecule has 0 aliphatic rings. The Labute approximate surface area is 97.3 Å². The van der Waals surface area contributed by atoms with Crippen molar-refractivity contribution >= 4 is 0 Å². The summed E-state index contributed by atoms with van der Waals surface area (Å²) >= 11 is 0. The Morgan fingerprint density at radius 2 is 1.88 bits per heavy atom. The lowest BCUT2D eigenvalue weighted by Gasteiger charge is -2.18. The van der Waals surface area contributed by atoms with Crippen LogP contribution in [0.3, 0.4) is 0 Å². The molecule has 2 unspecified atom stereocenters. The van der Waals surface area contributed by atoms with Gasteiger partial charge in [0.15, 0.2) is 6.29 Å². The standard InChI is InChI=1S/C11H24O5/c1-3-5-6-16-11(15-4-2)9-14-8-10(13)7-12/h10-13H,3-9H2,1-2H3. The molecule has 0 saturated carbocycles. The fourth-order valence-corrected chi connectivity index (χ4v) is 1.04. The molecule has 0 amide bonds. The average molecular weight is 236 g/mol. The fourth-order valence-electron chi connectivity index (χ4n) is 1.04. The summed E-state index contributed by atoms with van der Waals surface area (Å²) in [7, 11) is 0. The molecule has 5 nitrogen and oxygen atoms in total. The number of rotatable bonds is 11. The molecular formula is C11H24O5. The molecule has 0 aromatic carbocycles. The normalized spacial score (nSPS) is 15.0. The summed E-state index contributed by atoms with van der Waals surface area (Å²) in [5.74, 6) is 0. The lowest BCUT2D eigenvalue weighted by Crippen LogP contribution is -2.27. The van der Waals surface area contributed by atoms with Gasteiger partial charge in [-0.2, -0.15) is 0 Å². The summed E-state index contributed by atoms with van der Waals surface area (Å²) in [6, 6.07) is 0. The SMILES string of the molecule is CCCCOC(COCC(O)CO)OCC. The number of aliphatic hydroxyl groups excluding tert-OH is 2. The summed E-state index contributed by atoms with van der Waals surface area (Å²) in [6.07, 6.45) is 0.839. The monoisotopic (exact) mass is 236 g/mol. The molecule has 2 atom stereocenters. The van der Waals surface area contributed by atoms with Crippen LogP contribution in [-0.4, -0.2) is 55.6 Å². The number of hydrogen-bond donors (Lipinski definition) is 2. The maximum Gasteiger partial charge on any atom is 0.180 e. The Morgan fingerprint density at radius 1 is 1.12 bits per heavy atom. The molecule has 0 heterocycles. The zero-order valence-electron chi connectivity index (χ0n) is 10.2. The molecule has 0 fully saturated rings. The second-order valence-corrected chi connectivity index (χ2v) is 3.48. The highest BCUT2D eigenvalue weighted by Gasteiger charge is 2.10. The molecule has 0 aromatic heterocycles. The fraction of sp³-hybridized carbons (Fsp3) is 1.00. The highest BCUT2D eigenvalue weighted by molar-refractivity contribution is 4.50. The Balaban J connectivity index is 3.58. The summed E-state index contributed by atoms with van der Waals surface area (Å²) in [6.45, 7) is 5.25. The van der Waals surface area contributed by atoms with Crippen molar-refractivity contribution < 1.29 is 24.4 Å². The van der Waals surface area contributed by atoms with E-state index in [2.05, 4.69) is 6.92 Å². The summed E-state index contributed by atoms with van der Waals surface area (Å²) < 4.78 is 15.9. The van der Waals surface area contributed by atoms with E-state index >= 15 is 0 Å². The minimum Gasteiger partial charge on any atom is -0.394 e. The van der Waals surface area contributed by atoms with E-state index in [1.54, 1.807) is 0 Å². The van der Waals surface area contributed by atoms with Crippen molar-refractivity contribution in [2.24, 2.45) is 0 Å².